The number of nitrogen functional groups attached to an aromatic ring is 1. The number of alkyl halides is 1. The number of amides is 2. The first-order chi connectivity index (χ1) is 21.3. The summed E-state index contributed by atoms with van der Waals surface area (Å²) >= 11 is 6.11. The summed E-state index contributed by atoms with van der Waals surface area (Å²) in [6, 6.07) is 13.8. The van der Waals surface area contributed by atoms with Crippen LogP contribution in [0.25, 0.3) is 0 Å². The fourth-order valence-corrected chi connectivity index (χ4v) is 7.97. The Hall–Kier alpha value is -3.35. The number of carbonyl (C=O) groups is 3. The number of thiazole rings is 1. The predicted molar refractivity (Wildman–Crippen MR) is 175 cm³/mol. The number of β-lactam (4-membered cyclic amide) rings is 1. The Morgan fingerprint density at radius 3 is 2.70 bits per heavy atom. The highest BCUT2D eigenvalue weighted by atomic mass is 127. The van der Waals surface area contributed by atoms with Crippen LogP contribution in [0.1, 0.15) is 11.3 Å². The van der Waals surface area contributed by atoms with Crippen molar-refractivity contribution < 1.29 is 33.1 Å². The number of ether oxygens (including phenoxy) is 2. The first kappa shape index (κ1) is 32.1. The number of carbonyl (C=O) groups excluding carboxylic acids is 3. The van der Waals surface area contributed by atoms with Gasteiger partial charge in [-0.1, -0.05) is 41.2 Å². The molecule has 0 unspecified atom stereocenters. The van der Waals surface area contributed by atoms with Gasteiger partial charge in [0.2, 0.25) is 0 Å². The van der Waals surface area contributed by atoms with Crippen molar-refractivity contribution in [3.63, 3.8) is 0 Å². The van der Waals surface area contributed by atoms with Crippen LogP contribution in [0.2, 0.25) is 0 Å². The minimum atomic E-state index is -0.970. The Kier molecular flexibility index (Phi) is 10.7. The quantitative estimate of drug-likeness (QED) is 0.0688. The number of methoxy groups -OCH3 is 1. The molecule has 3 heterocycles. The molecule has 16 heteroatoms. The molecule has 3 N–H and O–H groups in total. The van der Waals surface area contributed by atoms with Crippen molar-refractivity contribution in [1.29, 1.82) is 0 Å². The Morgan fingerprint density at radius 1 is 1.25 bits per heavy atom. The van der Waals surface area contributed by atoms with Gasteiger partial charge in [-0.25, -0.2) is 14.2 Å². The van der Waals surface area contributed by atoms with Crippen LogP contribution in [-0.4, -0.2) is 70.9 Å². The van der Waals surface area contributed by atoms with Crippen LogP contribution in [-0.2, 0) is 30.6 Å². The van der Waals surface area contributed by atoms with Crippen molar-refractivity contribution in [3.8, 4) is 5.75 Å². The molecule has 1 saturated heterocycles. The molecular weight excluding hydrogens is 744 g/mol. The van der Waals surface area contributed by atoms with Gasteiger partial charge in [0.1, 0.15) is 48.4 Å². The lowest BCUT2D eigenvalue weighted by Crippen LogP contribution is -2.71. The van der Waals surface area contributed by atoms with Crippen molar-refractivity contribution >= 4 is 86.1 Å². The molecule has 1 aromatic heterocycles. The van der Waals surface area contributed by atoms with E-state index in [1.165, 1.54) is 33.8 Å². The van der Waals surface area contributed by atoms with E-state index in [0.29, 0.717) is 16.4 Å². The lowest BCUT2D eigenvalue weighted by molar-refractivity contribution is -0.153. The molecule has 0 radical (unpaired) electrons. The summed E-state index contributed by atoms with van der Waals surface area (Å²) in [6.07, 6.45) is 0. The van der Waals surface area contributed by atoms with E-state index in [1.54, 1.807) is 31.4 Å². The zero-order chi connectivity index (χ0) is 31.2. The van der Waals surface area contributed by atoms with E-state index in [2.05, 4.69) is 38.0 Å². The number of rotatable bonds is 12. The fraction of sp³-hybridized carbons (Fsp3) is 0.250. The van der Waals surface area contributed by atoms with Gasteiger partial charge < -0.3 is 25.4 Å². The van der Waals surface area contributed by atoms with E-state index >= 15 is 0 Å². The number of nitrogens with two attached hydrogens (primary N) is 1. The number of hydrogen-bond acceptors (Lipinski definition) is 12. The number of benzene rings is 2. The predicted octanol–water partition coefficient (Wildman–Crippen LogP) is 4.18. The number of esters is 1. The zero-order valence-electron chi connectivity index (χ0n) is 23.0. The van der Waals surface area contributed by atoms with Crippen LogP contribution in [0.3, 0.4) is 0 Å². The Labute approximate surface area is 277 Å². The van der Waals surface area contributed by atoms with Crippen LogP contribution in [0.15, 0.2) is 74.6 Å². The van der Waals surface area contributed by atoms with Gasteiger partial charge >= 0.3 is 5.97 Å². The van der Waals surface area contributed by atoms with Gasteiger partial charge in [0.05, 0.1) is 7.11 Å². The van der Waals surface area contributed by atoms with E-state index < -0.39 is 35.9 Å². The Bertz CT molecular complexity index is 1620. The van der Waals surface area contributed by atoms with Gasteiger partial charge in [0.25, 0.3) is 11.8 Å². The second-order valence-electron chi connectivity index (χ2n) is 9.12. The molecular formula is C28H25FIN5O6S3. The zero-order valence-corrected chi connectivity index (χ0v) is 27.6. The first-order valence-electron chi connectivity index (χ1n) is 13.0. The van der Waals surface area contributed by atoms with Crippen LogP contribution < -0.4 is 15.8 Å². The maximum Gasteiger partial charge on any atom is 0.356 e. The third-order valence-corrected chi connectivity index (χ3v) is 10.9. The molecule has 11 nitrogen and oxygen atoms in total. The van der Waals surface area contributed by atoms with E-state index in [-0.39, 0.29) is 35.4 Å². The number of hydrogen-bond donors (Lipinski definition) is 2. The average molecular weight is 770 g/mol. The molecule has 44 heavy (non-hydrogen) atoms. The van der Waals surface area contributed by atoms with Crippen molar-refractivity contribution in [2.45, 2.75) is 22.9 Å². The molecule has 2 atom stereocenters. The Morgan fingerprint density at radius 2 is 2.02 bits per heavy atom. The molecule has 230 valence electrons. The third-order valence-electron chi connectivity index (χ3n) is 6.32. The van der Waals surface area contributed by atoms with Gasteiger partial charge in [-0.2, -0.15) is 0 Å². The standard InChI is InChI=1S/C28H25FIN5O6S3/c1-39-16-8-6-15(7-9-16)12-40-27(38)23-20(44-19-5-3-2-4-17(19)30)14-42-26-22(25(37)35(23)26)33-24(36)21(34-41-11-10-29)18-13-43-28(31)32-18/h2-9,13,22,26H,10-12,14H2,1H3,(H2,31,32)(H,33,36)/t22-,26+/m1/s1. The summed E-state index contributed by atoms with van der Waals surface area (Å²) in [4.78, 5) is 52.3. The molecule has 0 saturated carbocycles. The molecule has 5 rings (SSSR count). The van der Waals surface area contributed by atoms with Gasteiger partial charge in [0.15, 0.2) is 10.8 Å². The molecule has 0 aliphatic carbocycles. The highest BCUT2D eigenvalue weighted by Crippen LogP contribution is 2.46. The molecule has 2 aliphatic heterocycles. The number of aromatic nitrogens is 1. The van der Waals surface area contributed by atoms with E-state index in [1.807, 2.05) is 24.3 Å². The minimum absolute atomic E-state index is 0.0113. The second kappa shape index (κ2) is 14.6. The smallest absolute Gasteiger partial charge is 0.356 e. The summed E-state index contributed by atoms with van der Waals surface area (Å²) < 4.78 is 24.5. The topological polar surface area (TPSA) is 145 Å². The first-order valence-corrected chi connectivity index (χ1v) is 16.8. The summed E-state index contributed by atoms with van der Waals surface area (Å²) in [5, 5.41) is 7.53. The number of fused-ring (bicyclic) bond motifs is 1. The summed E-state index contributed by atoms with van der Waals surface area (Å²) in [7, 11) is 1.56. The van der Waals surface area contributed by atoms with Crippen molar-refractivity contribution in [3.05, 3.63) is 79.3 Å². The number of anilines is 1. The number of thioether (sulfide) groups is 2. The Balaban J connectivity index is 1.37. The number of nitrogens with one attached hydrogen (secondary N) is 1. The third kappa shape index (κ3) is 7.13. The molecule has 2 aliphatic rings. The summed E-state index contributed by atoms with van der Waals surface area (Å²) in [6.45, 7) is -1.18. The minimum Gasteiger partial charge on any atom is -0.497 e. The monoisotopic (exact) mass is 769 g/mol. The van der Waals surface area contributed by atoms with Crippen molar-refractivity contribution in [2.24, 2.45) is 5.16 Å². The molecule has 2 aromatic carbocycles. The number of halogens is 2. The van der Waals surface area contributed by atoms with E-state index in [0.717, 1.165) is 25.4 Å². The van der Waals surface area contributed by atoms with Gasteiger partial charge in [0, 0.05) is 24.5 Å². The summed E-state index contributed by atoms with van der Waals surface area (Å²) in [5.74, 6) is -0.829. The van der Waals surface area contributed by atoms with Gasteiger partial charge in [-0.3, -0.25) is 14.5 Å². The largest absolute Gasteiger partial charge is 0.497 e. The highest BCUT2D eigenvalue weighted by molar-refractivity contribution is 14.1. The van der Waals surface area contributed by atoms with E-state index in [9.17, 15) is 18.8 Å². The van der Waals surface area contributed by atoms with Crippen LogP contribution in [0.5, 0.6) is 5.75 Å². The fourth-order valence-electron chi connectivity index (χ4n) is 4.21. The second-order valence-corrected chi connectivity index (χ2v) is 13.4. The SMILES string of the molecule is COc1ccc(COC(=O)C2=C(Sc3ccccc3I)CS[C@H]3[C@H](NC(=O)C(=NOCCF)c4csc(N)n4)C(=O)N23)cc1. The van der Waals surface area contributed by atoms with Crippen LogP contribution in [0, 0.1) is 3.57 Å². The van der Waals surface area contributed by atoms with Gasteiger partial charge in [-0.05, 0) is 52.4 Å². The molecule has 1 fully saturated rings. The number of nitrogens with zero attached hydrogens (tertiary/aromatic N) is 3. The normalized spacial score (nSPS) is 17.9. The summed E-state index contributed by atoms with van der Waals surface area (Å²) in [5.41, 5.74) is 6.48. The van der Waals surface area contributed by atoms with Crippen molar-refractivity contribution in [1.82, 2.24) is 15.2 Å². The highest BCUT2D eigenvalue weighted by Gasteiger charge is 2.55. The maximum absolute atomic E-state index is 13.6. The molecule has 0 bridgehead atoms. The van der Waals surface area contributed by atoms with Crippen LogP contribution >= 0.6 is 57.5 Å². The lowest BCUT2D eigenvalue weighted by atomic mass is 10.0. The van der Waals surface area contributed by atoms with E-state index in [4.69, 9.17) is 20.0 Å². The van der Waals surface area contributed by atoms with Crippen LogP contribution in [0.4, 0.5) is 9.52 Å². The lowest BCUT2D eigenvalue weighted by Gasteiger charge is -2.49. The average Bonchev–Trinajstić information content (AvgIpc) is 3.47. The number of oxime groups is 1. The van der Waals surface area contributed by atoms with Crippen molar-refractivity contribution in [2.75, 3.05) is 31.9 Å². The maximum atomic E-state index is 13.6. The molecule has 0 spiro atoms. The molecule has 2 amide bonds. The van der Waals surface area contributed by atoms with Gasteiger partial charge in [-0.15, -0.1) is 23.1 Å². The molecule has 3 aromatic rings.